The molecule has 2 aromatic heterocycles. The first-order chi connectivity index (χ1) is 18.0. The van der Waals surface area contributed by atoms with Gasteiger partial charge in [-0.15, -0.1) is 0 Å². The lowest BCUT2D eigenvalue weighted by atomic mass is 9.92. The zero-order chi connectivity index (χ0) is 25.8. The Morgan fingerprint density at radius 1 is 1.11 bits per heavy atom. The predicted molar refractivity (Wildman–Crippen MR) is 147 cm³/mol. The zero-order valence-electron chi connectivity index (χ0n) is 21.1. The van der Waals surface area contributed by atoms with E-state index in [4.69, 9.17) is 4.98 Å². The van der Waals surface area contributed by atoms with E-state index < -0.39 is 6.09 Å². The van der Waals surface area contributed by atoms with Crippen molar-refractivity contribution in [2.24, 2.45) is 0 Å². The molecule has 37 heavy (non-hydrogen) atoms. The van der Waals surface area contributed by atoms with Crippen LogP contribution in [0.2, 0.25) is 0 Å². The van der Waals surface area contributed by atoms with Gasteiger partial charge in [-0.25, -0.2) is 4.79 Å². The van der Waals surface area contributed by atoms with Crippen LogP contribution in [0, 0.1) is 0 Å². The summed E-state index contributed by atoms with van der Waals surface area (Å²) in [6, 6.07) is 15.7. The van der Waals surface area contributed by atoms with Crippen LogP contribution in [0.25, 0.3) is 21.8 Å². The second-order valence-corrected chi connectivity index (χ2v) is 9.72. The number of amides is 2. The number of carbonyl (C=O) groups is 2. The third kappa shape index (κ3) is 5.53. The van der Waals surface area contributed by atoms with Crippen molar-refractivity contribution in [3.8, 4) is 0 Å². The molecule has 0 aliphatic heterocycles. The fourth-order valence-corrected chi connectivity index (χ4v) is 5.28. The van der Waals surface area contributed by atoms with Crippen LogP contribution in [-0.4, -0.2) is 46.2 Å². The van der Waals surface area contributed by atoms with E-state index in [9.17, 15) is 14.7 Å². The van der Waals surface area contributed by atoms with Crippen molar-refractivity contribution in [2.75, 3.05) is 23.3 Å². The number of fused-ring (bicyclic) bond motifs is 3. The van der Waals surface area contributed by atoms with Crippen LogP contribution in [0.4, 0.5) is 16.2 Å². The first-order valence-electron chi connectivity index (χ1n) is 13.0. The Morgan fingerprint density at radius 2 is 1.95 bits per heavy atom. The molecule has 8 nitrogen and oxygen atoms in total. The van der Waals surface area contributed by atoms with Crippen LogP contribution in [0.5, 0.6) is 0 Å². The SMILES string of the molecule is CC(=O)NCCC(CCN(C(=O)O)c1ccc2[nH]ccc2c1)Nc1c2c(nc3ccccc13)CCCC2. The summed E-state index contributed by atoms with van der Waals surface area (Å²) in [5.41, 5.74) is 6.11. The summed E-state index contributed by atoms with van der Waals surface area (Å²) in [5.74, 6) is -0.0718. The monoisotopic (exact) mass is 499 g/mol. The van der Waals surface area contributed by atoms with Gasteiger partial charge in [0, 0.05) is 65.6 Å². The number of aromatic amines is 1. The summed E-state index contributed by atoms with van der Waals surface area (Å²) in [7, 11) is 0. The standard InChI is InChI=1S/C29H33N5O3/c1-19(35)30-16-13-21(14-17-34(29(36)37)22-10-11-25-20(18-22)12-15-31-25)32-28-23-6-2-4-8-26(23)33-27-9-5-3-7-24(27)28/h2,4,6,8,10-12,15,18,21,31H,3,5,7,9,13-14,16-17H2,1H3,(H,30,35)(H,32,33)(H,36,37). The van der Waals surface area contributed by atoms with Crippen LogP contribution >= 0.6 is 0 Å². The highest BCUT2D eigenvalue weighted by Gasteiger charge is 2.22. The van der Waals surface area contributed by atoms with Crippen LogP contribution in [0.15, 0.2) is 54.7 Å². The van der Waals surface area contributed by atoms with E-state index in [1.807, 2.05) is 48.7 Å². The van der Waals surface area contributed by atoms with E-state index in [0.717, 1.165) is 58.9 Å². The minimum atomic E-state index is -0.984. The molecule has 1 unspecified atom stereocenters. The van der Waals surface area contributed by atoms with Gasteiger partial charge in [0.2, 0.25) is 5.91 Å². The summed E-state index contributed by atoms with van der Waals surface area (Å²) in [6.45, 7) is 2.35. The molecule has 0 bridgehead atoms. The predicted octanol–water partition coefficient (Wildman–Crippen LogP) is 5.48. The number of para-hydroxylation sites is 1. The molecule has 0 fully saturated rings. The lowest BCUT2D eigenvalue weighted by molar-refractivity contribution is -0.118. The number of rotatable bonds is 9. The highest BCUT2D eigenvalue weighted by Crippen LogP contribution is 2.34. The Bertz CT molecular complexity index is 1430. The molecule has 0 spiro atoms. The quantitative estimate of drug-likeness (QED) is 0.244. The second-order valence-electron chi connectivity index (χ2n) is 9.72. The molecule has 2 aromatic carbocycles. The normalized spacial score (nSPS) is 13.8. The molecular weight excluding hydrogens is 466 g/mol. The minimum Gasteiger partial charge on any atom is -0.465 e. The number of hydrogen-bond acceptors (Lipinski definition) is 4. The number of carboxylic acid groups (broad SMARTS) is 1. The minimum absolute atomic E-state index is 0.0403. The third-order valence-corrected chi connectivity index (χ3v) is 7.17. The molecule has 1 atom stereocenters. The maximum absolute atomic E-state index is 12.2. The van der Waals surface area contributed by atoms with Crippen molar-refractivity contribution < 1.29 is 14.7 Å². The first-order valence-corrected chi connectivity index (χ1v) is 13.0. The lowest BCUT2D eigenvalue weighted by Crippen LogP contribution is -2.36. The number of aromatic nitrogens is 2. The molecule has 5 rings (SSSR count). The number of H-pyrrole nitrogens is 1. The van der Waals surface area contributed by atoms with Gasteiger partial charge >= 0.3 is 6.09 Å². The second kappa shape index (κ2) is 10.9. The van der Waals surface area contributed by atoms with E-state index >= 15 is 0 Å². The number of nitrogens with zero attached hydrogens (tertiary/aromatic N) is 2. The van der Waals surface area contributed by atoms with Gasteiger partial charge in [0.05, 0.1) is 5.52 Å². The number of hydrogen-bond donors (Lipinski definition) is 4. The van der Waals surface area contributed by atoms with Gasteiger partial charge in [-0.1, -0.05) is 18.2 Å². The fourth-order valence-electron chi connectivity index (χ4n) is 5.28. The number of pyridine rings is 1. The highest BCUT2D eigenvalue weighted by atomic mass is 16.4. The van der Waals surface area contributed by atoms with E-state index in [-0.39, 0.29) is 11.9 Å². The zero-order valence-corrected chi connectivity index (χ0v) is 21.1. The molecule has 4 N–H and O–H groups in total. The molecular formula is C29H33N5O3. The van der Waals surface area contributed by atoms with E-state index in [1.54, 1.807) is 0 Å². The average Bonchev–Trinajstić information content (AvgIpc) is 3.36. The van der Waals surface area contributed by atoms with Crippen molar-refractivity contribution in [3.05, 3.63) is 66.0 Å². The van der Waals surface area contributed by atoms with Crippen molar-refractivity contribution >= 4 is 45.2 Å². The molecule has 0 saturated heterocycles. The molecule has 1 aliphatic rings. The summed E-state index contributed by atoms with van der Waals surface area (Å²) in [4.78, 5) is 33.3. The van der Waals surface area contributed by atoms with Crippen LogP contribution in [-0.2, 0) is 17.6 Å². The molecule has 0 saturated carbocycles. The van der Waals surface area contributed by atoms with Crippen molar-refractivity contribution in [1.82, 2.24) is 15.3 Å². The molecule has 192 valence electrons. The Kier molecular flexibility index (Phi) is 7.25. The summed E-state index contributed by atoms with van der Waals surface area (Å²) in [5, 5.41) is 18.8. The van der Waals surface area contributed by atoms with Gasteiger partial charge in [-0.2, -0.15) is 0 Å². The fraction of sp³-hybridized carbons (Fsp3) is 0.345. The Hall–Kier alpha value is -4.07. The summed E-state index contributed by atoms with van der Waals surface area (Å²) >= 11 is 0. The maximum atomic E-state index is 12.2. The molecule has 4 aromatic rings. The van der Waals surface area contributed by atoms with Gasteiger partial charge in [0.25, 0.3) is 0 Å². The van der Waals surface area contributed by atoms with Gasteiger partial charge in [-0.3, -0.25) is 14.7 Å². The van der Waals surface area contributed by atoms with Crippen molar-refractivity contribution in [1.29, 1.82) is 0 Å². The maximum Gasteiger partial charge on any atom is 0.411 e. The Morgan fingerprint density at radius 3 is 2.78 bits per heavy atom. The van der Waals surface area contributed by atoms with Gasteiger partial charge in [0.15, 0.2) is 0 Å². The molecule has 2 amide bonds. The highest BCUT2D eigenvalue weighted by molar-refractivity contribution is 5.94. The third-order valence-electron chi connectivity index (χ3n) is 7.17. The number of aryl methyl sites for hydroxylation is 1. The number of carbonyl (C=O) groups excluding carboxylic acids is 1. The molecule has 8 heteroatoms. The van der Waals surface area contributed by atoms with E-state index in [2.05, 4.69) is 21.7 Å². The van der Waals surface area contributed by atoms with Crippen molar-refractivity contribution in [2.45, 2.75) is 51.5 Å². The molecule has 0 radical (unpaired) electrons. The van der Waals surface area contributed by atoms with Gasteiger partial charge in [-0.05, 0) is 74.4 Å². The summed E-state index contributed by atoms with van der Waals surface area (Å²) < 4.78 is 0. The molecule has 2 heterocycles. The number of anilines is 2. The van der Waals surface area contributed by atoms with Crippen molar-refractivity contribution in [3.63, 3.8) is 0 Å². The van der Waals surface area contributed by atoms with E-state index in [1.165, 1.54) is 17.4 Å². The van der Waals surface area contributed by atoms with Crippen LogP contribution in [0.3, 0.4) is 0 Å². The van der Waals surface area contributed by atoms with Gasteiger partial charge < -0.3 is 20.7 Å². The average molecular weight is 500 g/mol. The number of nitrogens with one attached hydrogen (secondary N) is 3. The Balaban J connectivity index is 1.42. The molecule has 1 aliphatic carbocycles. The largest absolute Gasteiger partial charge is 0.465 e. The van der Waals surface area contributed by atoms with E-state index in [0.29, 0.717) is 31.6 Å². The topological polar surface area (TPSA) is 110 Å². The number of benzene rings is 2. The van der Waals surface area contributed by atoms with Crippen LogP contribution < -0.4 is 15.5 Å². The first kappa shape index (κ1) is 24.6. The summed E-state index contributed by atoms with van der Waals surface area (Å²) in [6.07, 6.45) is 6.35. The Labute approximate surface area is 216 Å². The van der Waals surface area contributed by atoms with Gasteiger partial charge in [0.1, 0.15) is 0 Å². The van der Waals surface area contributed by atoms with Crippen LogP contribution in [0.1, 0.15) is 43.9 Å². The smallest absolute Gasteiger partial charge is 0.411 e. The lowest BCUT2D eigenvalue weighted by Gasteiger charge is -2.28.